The normalized spacial score (nSPS) is 25.7. The molecule has 1 aliphatic rings. The monoisotopic (exact) mass is 213 g/mol. The number of hydrogen-bond donors (Lipinski definition) is 2. The Labute approximate surface area is 84.3 Å². The van der Waals surface area contributed by atoms with Gasteiger partial charge in [0, 0.05) is 0 Å². The molecule has 82 valence electrons. The Balaban J connectivity index is 2.24. The number of H-pyrrole nitrogens is 1. The highest BCUT2D eigenvalue weighted by molar-refractivity contribution is 4.75. The van der Waals surface area contributed by atoms with E-state index in [4.69, 9.17) is 9.84 Å². The Morgan fingerprint density at radius 3 is 3.00 bits per heavy atom. The molecule has 0 radical (unpaired) electrons. The average molecular weight is 213 g/mol. The van der Waals surface area contributed by atoms with Crippen molar-refractivity contribution in [3.8, 4) is 0 Å². The predicted molar refractivity (Wildman–Crippen MR) is 49.3 cm³/mol. The van der Waals surface area contributed by atoms with Crippen LogP contribution in [0.25, 0.3) is 0 Å². The standard InChI is InChI=1S/C8H11N3O4/c12-4-5-1-2-7(15-5)11-8(14)10-6(13)3-9-11/h3,5,7,12H,1-2,4H2,(H,10,13,14)/t5-,7-/m0/s1. The quantitative estimate of drug-likeness (QED) is 0.629. The van der Waals surface area contributed by atoms with Crippen molar-refractivity contribution in [2.75, 3.05) is 6.61 Å². The number of ether oxygens (including phenoxy) is 1. The second-order valence-electron chi connectivity index (χ2n) is 3.36. The number of rotatable bonds is 2. The molecule has 0 aromatic carbocycles. The summed E-state index contributed by atoms with van der Waals surface area (Å²) in [7, 11) is 0. The van der Waals surface area contributed by atoms with Crippen molar-refractivity contribution < 1.29 is 9.84 Å². The highest BCUT2D eigenvalue weighted by Gasteiger charge is 2.27. The first-order chi connectivity index (χ1) is 7.20. The molecule has 2 atom stereocenters. The van der Waals surface area contributed by atoms with E-state index in [-0.39, 0.29) is 12.7 Å². The van der Waals surface area contributed by atoms with Crippen LogP contribution >= 0.6 is 0 Å². The molecule has 7 nitrogen and oxygen atoms in total. The number of aliphatic hydroxyl groups excluding tert-OH is 1. The SMILES string of the molecule is O=c1cnn([C@@H]2CC[C@@H](CO)O2)c(=O)[nH]1. The van der Waals surface area contributed by atoms with E-state index < -0.39 is 17.5 Å². The lowest BCUT2D eigenvalue weighted by Gasteiger charge is -2.12. The molecule has 0 unspecified atom stereocenters. The maximum absolute atomic E-state index is 11.3. The third-order valence-corrected chi connectivity index (χ3v) is 2.30. The van der Waals surface area contributed by atoms with Gasteiger partial charge in [-0.1, -0.05) is 0 Å². The van der Waals surface area contributed by atoms with Crippen LogP contribution in [0.4, 0.5) is 0 Å². The van der Waals surface area contributed by atoms with Crippen LogP contribution in [0.1, 0.15) is 19.1 Å². The number of hydrogen-bond acceptors (Lipinski definition) is 5. The molecule has 0 bridgehead atoms. The van der Waals surface area contributed by atoms with E-state index in [1.165, 1.54) is 0 Å². The molecule has 2 N–H and O–H groups in total. The zero-order valence-corrected chi connectivity index (χ0v) is 7.92. The zero-order valence-electron chi connectivity index (χ0n) is 7.92. The molecule has 0 spiro atoms. The van der Waals surface area contributed by atoms with Crippen LogP contribution in [0.2, 0.25) is 0 Å². The van der Waals surface area contributed by atoms with Gasteiger partial charge < -0.3 is 9.84 Å². The molecular weight excluding hydrogens is 202 g/mol. The summed E-state index contributed by atoms with van der Waals surface area (Å²) in [5, 5.41) is 12.5. The first-order valence-corrected chi connectivity index (χ1v) is 4.65. The smallest absolute Gasteiger partial charge is 0.347 e. The van der Waals surface area contributed by atoms with Crippen molar-refractivity contribution in [2.24, 2.45) is 0 Å². The van der Waals surface area contributed by atoms with Crippen LogP contribution in [0.15, 0.2) is 15.8 Å². The third kappa shape index (κ3) is 1.97. The molecule has 1 aliphatic heterocycles. The summed E-state index contributed by atoms with van der Waals surface area (Å²) >= 11 is 0. The summed E-state index contributed by atoms with van der Waals surface area (Å²) < 4.78 is 6.43. The molecule has 1 fully saturated rings. The van der Waals surface area contributed by atoms with Crippen molar-refractivity contribution >= 4 is 0 Å². The van der Waals surface area contributed by atoms with Gasteiger partial charge in [0.15, 0.2) is 6.23 Å². The topological polar surface area (TPSA) is 97.2 Å². The number of nitrogens with zero attached hydrogens (tertiary/aromatic N) is 2. The minimum absolute atomic E-state index is 0.0748. The van der Waals surface area contributed by atoms with Crippen molar-refractivity contribution in [3.05, 3.63) is 27.0 Å². The largest absolute Gasteiger partial charge is 0.394 e. The van der Waals surface area contributed by atoms with E-state index in [9.17, 15) is 9.59 Å². The molecule has 1 aromatic heterocycles. The number of aliphatic hydroxyl groups is 1. The van der Waals surface area contributed by atoms with E-state index in [1.54, 1.807) is 0 Å². The minimum atomic E-state index is -0.592. The van der Waals surface area contributed by atoms with Crippen molar-refractivity contribution in [1.82, 2.24) is 14.8 Å². The number of nitrogens with one attached hydrogen (secondary N) is 1. The van der Waals surface area contributed by atoms with Crippen LogP contribution in [0.5, 0.6) is 0 Å². The zero-order chi connectivity index (χ0) is 10.8. The summed E-state index contributed by atoms with van der Waals surface area (Å²) in [5.74, 6) is 0. The van der Waals surface area contributed by atoms with Crippen LogP contribution < -0.4 is 11.2 Å². The van der Waals surface area contributed by atoms with Crippen LogP contribution in [0.3, 0.4) is 0 Å². The van der Waals surface area contributed by atoms with Crippen LogP contribution in [-0.4, -0.2) is 32.6 Å². The summed E-state index contributed by atoms with van der Waals surface area (Å²) in [4.78, 5) is 24.2. The number of aromatic amines is 1. The highest BCUT2D eigenvalue weighted by atomic mass is 16.5. The van der Waals surface area contributed by atoms with Crippen molar-refractivity contribution in [3.63, 3.8) is 0 Å². The summed E-state index contributed by atoms with van der Waals surface area (Å²) in [6.45, 7) is -0.0748. The first-order valence-electron chi connectivity index (χ1n) is 4.65. The molecule has 2 heterocycles. The van der Waals surface area contributed by atoms with E-state index in [1.807, 2.05) is 0 Å². The molecule has 0 aliphatic carbocycles. The Bertz CT molecular complexity index is 452. The lowest BCUT2D eigenvalue weighted by molar-refractivity contribution is -0.0313. The molecular formula is C8H11N3O4. The maximum atomic E-state index is 11.3. The van der Waals surface area contributed by atoms with E-state index in [2.05, 4.69) is 10.1 Å². The molecule has 0 saturated carbocycles. The molecule has 15 heavy (non-hydrogen) atoms. The van der Waals surface area contributed by atoms with Crippen molar-refractivity contribution in [2.45, 2.75) is 25.2 Å². The minimum Gasteiger partial charge on any atom is -0.394 e. The fourth-order valence-electron chi connectivity index (χ4n) is 1.57. The van der Waals surface area contributed by atoms with Gasteiger partial charge in [-0.3, -0.25) is 9.78 Å². The Morgan fingerprint density at radius 2 is 2.40 bits per heavy atom. The predicted octanol–water partition coefficient (Wildman–Crippen LogP) is -1.40. The van der Waals surface area contributed by atoms with Gasteiger partial charge in [0.05, 0.1) is 12.7 Å². The van der Waals surface area contributed by atoms with E-state index in [0.717, 1.165) is 10.9 Å². The second-order valence-corrected chi connectivity index (χ2v) is 3.36. The lowest BCUT2D eigenvalue weighted by atomic mass is 10.2. The lowest BCUT2D eigenvalue weighted by Crippen LogP contribution is -2.34. The van der Waals surface area contributed by atoms with Gasteiger partial charge >= 0.3 is 5.69 Å². The molecule has 2 rings (SSSR count). The van der Waals surface area contributed by atoms with E-state index >= 15 is 0 Å². The van der Waals surface area contributed by atoms with Gasteiger partial charge in [-0.25, -0.2) is 4.79 Å². The summed E-state index contributed by atoms with van der Waals surface area (Å²) in [5.41, 5.74) is -1.13. The Morgan fingerprint density at radius 1 is 1.60 bits per heavy atom. The van der Waals surface area contributed by atoms with Crippen molar-refractivity contribution in [1.29, 1.82) is 0 Å². The second kappa shape index (κ2) is 3.95. The van der Waals surface area contributed by atoms with Gasteiger partial charge in [0.2, 0.25) is 0 Å². The van der Waals surface area contributed by atoms with Crippen LogP contribution in [-0.2, 0) is 4.74 Å². The Hall–Kier alpha value is -1.47. The van der Waals surface area contributed by atoms with Gasteiger partial charge in [0.25, 0.3) is 5.56 Å². The van der Waals surface area contributed by atoms with Crippen LogP contribution in [0, 0.1) is 0 Å². The third-order valence-electron chi connectivity index (χ3n) is 2.30. The maximum Gasteiger partial charge on any atom is 0.347 e. The number of aromatic nitrogens is 3. The van der Waals surface area contributed by atoms with Gasteiger partial charge in [-0.15, -0.1) is 0 Å². The molecule has 1 saturated heterocycles. The Kier molecular flexibility index (Phi) is 2.65. The fourth-order valence-corrected chi connectivity index (χ4v) is 1.57. The van der Waals surface area contributed by atoms with Gasteiger partial charge in [-0.2, -0.15) is 9.78 Å². The van der Waals surface area contributed by atoms with Gasteiger partial charge in [-0.05, 0) is 12.8 Å². The molecule has 0 amide bonds. The average Bonchev–Trinajstić information content (AvgIpc) is 2.66. The molecule has 1 aromatic rings. The molecule has 7 heteroatoms. The first kappa shape index (κ1) is 10.1. The van der Waals surface area contributed by atoms with E-state index in [0.29, 0.717) is 12.8 Å². The highest BCUT2D eigenvalue weighted by Crippen LogP contribution is 2.25. The fraction of sp³-hybridized carbons (Fsp3) is 0.625. The summed E-state index contributed by atoms with van der Waals surface area (Å²) in [6, 6.07) is 0. The summed E-state index contributed by atoms with van der Waals surface area (Å²) in [6.07, 6.45) is 1.55. The van der Waals surface area contributed by atoms with Gasteiger partial charge in [0.1, 0.15) is 6.20 Å².